The molecule has 13 heavy (non-hydrogen) atoms. The van der Waals surface area contributed by atoms with Gasteiger partial charge in [0.2, 0.25) is 0 Å². The average Bonchev–Trinajstić information content (AvgIpc) is 2.51. The first-order valence-corrected chi connectivity index (χ1v) is 4.74. The van der Waals surface area contributed by atoms with E-state index in [1.807, 2.05) is 18.4 Å². The SMILES string of the molecule is Cc1ccsc1-c1cn[nH]c(=O)c1. The summed E-state index contributed by atoms with van der Waals surface area (Å²) in [5.74, 6) is 0. The van der Waals surface area contributed by atoms with Crippen molar-refractivity contribution in [2.24, 2.45) is 0 Å². The minimum atomic E-state index is -0.162. The molecule has 0 radical (unpaired) electrons. The summed E-state index contributed by atoms with van der Waals surface area (Å²) in [7, 11) is 0. The van der Waals surface area contributed by atoms with E-state index in [1.54, 1.807) is 23.6 Å². The van der Waals surface area contributed by atoms with Gasteiger partial charge in [-0.15, -0.1) is 11.3 Å². The van der Waals surface area contributed by atoms with Gasteiger partial charge in [0.1, 0.15) is 0 Å². The molecule has 2 heterocycles. The molecule has 2 aromatic heterocycles. The molecule has 0 unspecified atom stereocenters. The minimum absolute atomic E-state index is 0.162. The van der Waals surface area contributed by atoms with E-state index in [4.69, 9.17) is 0 Å². The lowest BCUT2D eigenvalue weighted by atomic mass is 10.2. The molecule has 0 fully saturated rings. The number of nitrogens with one attached hydrogen (secondary N) is 1. The van der Waals surface area contributed by atoms with Crippen LogP contribution in [-0.2, 0) is 0 Å². The van der Waals surface area contributed by atoms with Crippen LogP contribution in [-0.4, -0.2) is 10.2 Å². The second-order valence-corrected chi connectivity index (χ2v) is 3.68. The third-order valence-electron chi connectivity index (χ3n) is 1.79. The molecule has 0 aromatic carbocycles. The number of hydrogen-bond acceptors (Lipinski definition) is 3. The standard InChI is InChI=1S/C9H8N2OS/c1-6-2-3-13-9(6)7-4-8(12)11-10-5-7/h2-5H,1H3,(H,11,12). The van der Waals surface area contributed by atoms with Gasteiger partial charge in [-0.1, -0.05) is 0 Å². The van der Waals surface area contributed by atoms with Gasteiger partial charge in [-0.2, -0.15) is 5.10 Å². The molecular formula is C9H8N2OS. The summed E-state index contributed by atoms with van der Waals surface area (Å²) in [6.07, 6.45) is 1.67. The molecule has 0 bridgehead atoms. The highest BCUT2D eigenvalue weighted by Gasteiger charge is 2.03. The van der Waals surface area contributed by atoms with Gasteiger partial charge < -0.3 is 0 Å². The Labute approximate surface area is 79.1 Å². The van der Waals surface area contributed by atoms with Crippen LogP contribution >= 0.6 is 11.3 Å². The largest absolute Gasteiger partial charge is 0.268 e. The lowest BCUT2D eigenvalue weighted by molar-refractivity contribution is 0.991. The summed E-state index contributed by atoms with van der Waals surface area (Å²) in [5.41, 5.74) is 1.90. The van der Waals surface area contributed by atoms with Crippen molar-refractivity contribution in [3.63, 3.8) is 0 Å². The van der Waals surface area contributed by atoms with Crippen molar-refractivity contribution in [3.05, 3.63) is 39.6 Å². The highest BCUT2D eigenvalue weighted by Crippen LogP contribution is 2.26. The zero-order valence-electron chi connectivity index (χ0n) is 7.07. The van der Waals surface area contributed by atoms with Gasteiger partial charge in [-0.3, -0.25) is 4.79 Å². The van der Waals surface area contributed by atoms with Crippen LogP contribution in [0.4, 0.5) is 0 Å². The first-order chi connectivity index (χ1) is 6.27. The van der Waals surface area contributed by atoms with E-state index in [0.717, 1.165) is 10.4 Å². The summed E-state index contributed by atoms with van der Waals surface area (Å²) < 4.78 is 0. The van der Waals surface area contributed by atoms with Crippen LogP contribution in [0.3, 0.4) is 0 Å². The Bertz CT molecular complexity index is 472. The number of aryl methyl sites for hydroxylation is 1. The summed E-state index contributed by atoms with van der Waals surface area (Å²) in [6, 6.07) is 3.59. The second-order valence-electron chi connectivity index (χ2n) is 2.77. The topological polar surface area (TPSA) is 45.8 Å². The summed E-state index contributed by atoms with van der Waals surface area (Å²) in [5, 5.41) is 8.11. The minimum Gasteiger partial charge on any atom is -0.268 e. The van der Waals surface area contributed by atoms with E-state index in [9.17, 15) is 4.79 Å². The molecule has 4 heteroatoms. The zero-order valence-corrected chi connectivity index (χ0v) is 7.89. The highest BCUT2D eigenvalue weighted by atomic mass is 32.1. The monoisotopic (exact) mass is 192 g/mol. The fraction of sp³-hybridized carbons (Fsp3) is 0.111. The van der Waals surface area contributed by atoms with Gasteiger partial charge in [0.05, 0.1) is 6.20 Å². The molecule has 0 atom stereocenters. The zero-order chi connectivity index (χ0) is 9.26. The number of rotatable bonds is 1. The molecule has 3 nitrogen and oxygen atoms in total. The Balaban J connectivity index is 2.59. The van der Waals surface area contributed by atoms with Crippen LogP contribution in [0.25, 0.3) is 10.4 Å². The number of aromatic amines is 1. The molecular weight excluding hydrogens is 184 g/mol. The molecule has 0 spiro atoms. The van der Waals surface area contributed by atoms with Gasteiger partial charge >= 0.3 is 0 Å². The molecule has 0 amide bonds. The van der Waals surface area contributed by atoms with Crippen molar-refractivity contribution >= 4 is 11.3 Å². The normalized spacial score (nSPS) is 10.2. The van der Waals surface area contributed by atoms with Crippen molar-refractivity contribution in [1.82, 2.24) is 10.2 Å². The second kappa shape index (κ2) is 3.14. The van der Waals surface area contributed by atoms with Crippen LogP contribution in [0.2, 0.25) is 0 Å². The van der Waals surface area contributed by atoms with Gasteiger partial charge in [-0.25, -0.2) is 5.10 Å². The van der Waals surface area contributed by atoms with Crippen molar-refractivity contribution < 1.29 is 0 Å². The van der Waals surface area contributed by atoms with Crippen molar-refractivity contribution in [2.45, 2.75) is 6.92 Å². The third-order valence-corrected chi connectivity index (χ3v) is 2.85. The van der Waals surface area contributed by atoms with Crippen LogP contribution in [0.1, 0.15) is 5.56 Å². The quantitative estimate of drug-likeness (QED) is 0.749. The molecule has 0 aliphatic carbocycles. The number of H-pyrrole nitrogens is 1. The van der Waals surface area contributed by atoms with Gasteiger partial charge in [0.15, 0.2) is 0 Å². The Morgan fingerprint density at radius 2 is 2.38 bits per heavy atom. The van der Waals surface area contributed by atoms with E-state index in [0.29, 0.717) is 0 Å². The highest BCUT2D eigenvalue weighted by molar-refractivity contribution is 7.13. The van der Waals surface area contributed by atoms with E-state index in [2.05, 4.69) is 10.2 Å². The van der Waals surface area contributed by atoms with Gasteiger partial charge in [-0.05, 0) is 23.9 Å². The number of hydrogen-bond donors (Lipinski definition) is 1. The van der Waals surface area contributed by atoms with E-state index in [-0.39, 0.29) is 5.56 Å². The molecule has 1 N–H and O–H groups in total. The van der Waals surface area contributed by atoms with E-state index >= 15 is 0 Å². The maximum absolute atomic E-state index is 11.0. The van der Waals surface area contributed by atoms with Crippen LogP contribution in [0.5, 0.6) is 0 Å². The van der Waals surface area contributed by atoms with Crippen LogP contribution < -0.4 is 5.56 Å². The lowest BCUT2D eigenvalue weighted by Gasteiger charge is -1.96. The Morgan fingerprint density at radius 3 is 3.00 bits per heavy atom. The molecule has 0 aliphatic rings. The molecule has 0 saturated heterocycles. The number of thiophene rings is 1. The molecule has 2 rings (SSSR count). The summed E-state index contributed by atoms with van der Waals surface area (Å²) in [4.78, 5) is 12.1. The third kappa shape index (κ3) is 1.53. The summed E-state index contributed by atoms with van der Waals surface area (Å²) in [6.45, 7) is 2.02. The predicted octanol–water partition coefficient (Wildman–Crippen LogP) is 1.81. The lowest BCUT2D eigenvalue weighted by Crippen LogP contribution is -2.05. The first-order valence-electron chi connectivity index (χ1n) is 3.86. The first kappa shape index (κ1) is 8.19. The van der Waals surface area contributed by atoms with E-state index in [1.165, 1.54) is 5.56 Å². The van der Waals surface area contributed by atoms with Crippen molar-refractivity contribution in [2.75, 3.05) is 0 Å². The summed E-state index contributed by atoms with van der Waals surface area (Å²) >= 11 is 1.62. The number of aromatic nitrogens is 2. The van der Waals surface area contributed by atoms with Gasteiger partial charge in [0.25, 0.3) is 5.56 Å². The van der Waals surface area contributed by atoms with Crippen LogP contribution in [0.15, 0.2) is 28.5 Å². The van der Waals surface area contributed by atoms with Crippen LogP contribution in [0, 0.1) is 6.92 Å². The van der Waals surface area contributed by atoms with E-state index < -0.39 is 0 Å². The maximum Gasteiger partial charge on any atom is 0.264 e. The number of nitrogens with zero attached hydrogens (tertiary/aromatic N) is 1. The average molecular weight is 192 g/mol. The fourth-order valence-electron chi connectivity index (χ4n) is 1.17. The molecule has 2 aromatic rings. The Morgan fingerprint density at radius 1 is 1.54 bits per heavy atom. The smallest absolute Gasteiger partial charge is 0.264 e. The van der Waals surface area contributed by atoms with Gasteiger partial charge in [0, 0.05) is 16.5 Å². The van der Waals surface area contributed by atoms with Crippen molar-refractivity contribution in [1.29, 1.82) is 0 Å². The molecule has 66 valence electrons. The Hall–Kier alpha value is -1.42. The Kier molecular flexibility index (Phi) is 1.98. The predicted molar refractivity (Wildman–Crippen MR) is 52.9 cm³/mol. The molecule has 0 saturated carbocycles. The van der Waals surface area contributed by atoms with Crippen molar-refractivity contribution in [3.8, 4) is 10.4 Å². The fourth-order valence-corrected chi connectivity index (χ4v) is 2.08. The molecule has 0 aliphatic heterocycles. The maximum atomic E-state index is 11.0.